The maximum atomic E-state index is 12.4. The van der Waals surface area contributed by atoms with E-state index in [2.05, 4.69) is 10.6 Å². The number of hydrogen-bond acceptors (Lipinski definition) is 5. The lowest BCUT2D eigenvalue weighted by Crippen LogP contribution is -2.68. The maximum absolute atomic E-state index is 12.4. The van der Waals surface area contributed by atoms with Crippen LogP contribution in [0.2, 0.25) is 0 Å². The minimum Gasteiger partial charge on any atom is -0.389 e. The second kappa shape index (κ2) is 4.84. The lowest BCUT2D eigenvalue weighted by atomic mass is 9.90. The van der Waals surface area contributed by atoms with Crippen molar-refractivity contribution >= 4 is 5.91 Å². The zero-order valence-electron chi connectivity index (χ0n) is 8.22. The number of likely N-dealkylation sites (N-methyl/N-ethyl adjacent to an activating group) is 1. The third-order valence-electron chi connectivity index (χ3n) is 2.54. The quantitative estimate of drug-likeness (QED) is 0.345. The van der Waals surface area contributed by atoms with Gasteiger partial charge in [-0.25, -0.2) is 4.39 Å². The summed E-state index contributed by atoms with van der Waals surface area (Å²) < 4.78 is 12.4. The Kier molecular flexibility index (Phi) is 3.97. The van der Waals surface area contributed by atoms with Crippen LogP contribution in [0.15, 0.2) is 0 Å². The number of aliphatic hydroxyl groups is 3. The molecular formula is C8H15FN2O4. The van der Waals surface area contributed by atoms with Crippen LogP contribution >= 0.6 is 0 Å². The molecule has 1 saturated heterocycles. The van der Waals surface area contributed by atoms with Crippen molar-refractivity contribution in [3.63, 3.8) is 0 Å². The van der Waals surface area contributed by atoms with Gasteiger partial charge >= 0.3 is 0 Å². The molecule has 0 bridgehead atoms. The van der Waals surface area contributed by atoms with Crippen molar-refractivity contribution in [2.45, 2.75) is 30.4 Å². The third-order valence-corrected chi connectivity index (χ3v) is 2.54. The highest BCUT2D eigenvalue weighted by atomic mass is 19.1. The second-order valence-electron chi connectivity index (χ2n) is 3.49. The first-order valence-electron chi connectivity index (χ1n) is 4.60. The molecule has 0 aliphatic carbocycles. The number of carbonyl (C=O) groups is 1. The molecule has 7 heteroatoms. The molecule has 0 aromatic heterocycles. The molecule has 0 aromatic rings. The van der Waals surface area contributed by atoms with Crippen LogP contribution in [-0.4, -0.2) is 65.3 Å². The molecule has 15 heavy (non-hydrogen) atoms. The molecule has 0 radical (unpaired) electrons. The minimum atomic E-state index is -1.53. The number of hydrogen-bond donors (Lipinski definition) is 5. The largest absolute Gasteiger partial charge is 0.389 e. The number of nitrogens with one attached hydrogen (secondary N) is 2. The molecule has 0 saturated carbocycles. The average Bonchev–Trinajstić information content (AvgIpc) is 2.25. The number of piperidine rings is 1. The van der Waals surface area contributed by atoms with Crippen molar-refractivity contribution in [3.05, 3.63) is 0 Å². The Balaban J connectivity index is 2.78. The Bertz CT molecular complexity index is 239. The van der Waals surface area contributed by atoms with Crippen LogP contribution < -0.4 is 10.6 Å². The lowest BCUT2D eigenvalue weighted by Gasteiger charge is -2.39. The van der Waals surface area contributed by atoms with E-state index in [4.69, 9.17) is 0 Å². The molecular weight excluding hydrogens is 207 g/mol. The molecule has 88 valence electrons. The van der Waals surface area contributed by atoms with Crippen LogP contribution in [0.4, 0.5) is 4.39 Å². The Morgan fingerprint density at radius 2 is 1.93 bits per heavy atom. The van der Waals surface area contributed by atoms with E-state index in [0.717, 1.165) is 0 Å². The van der Waals surface area contributed by atoms with E-state index in [9.17, 15) is 24.5 Å². The van der Waals surface area contributed by atoms with Crippen LogP contribution in [0.25, 0.3) is 0 Å². The smallest absolute Gasteiger partial charge is 0.239 e. The van der Waals surface area contributed by atoms with Crippen molar-refractivity contribution in [1.82, 2.24) is 10.6 Å². The van der Waals surface area contributed by atoms with Gasteiger partial charge in [-0.05, 0) is 0 Å². The van der Waals surface area contributed by atoms with Crippen LogP contribution in [0.1, 0.15) is 0 Å². The molecule has 1 fully saturated rings. The first-order valence-corrected chi connectivity index (χ1v) is 4.60. The summed E-state index contributed by atoms with van der Waals surface area (Å²) in [5.74, 6) is -0.563. The zero-order chi connectivity index (χ0) is 11.6. The van der Waals surface area contributed by atoms with E-state index >= 15 is 0 Å². The Labute approximate surface area is 86.1 Å². The molecule has 5 unspecified atom stereocenters. The fraction of sp³-hybridized carbons (Fsp3) is 0.875. The minimum absolute atomic E-state index is 0.563. The molecule has 1 amide bonds. The van der Waals surface area contributed by atoms with E-state index in [1.54, 1.807) is 0 Å². The van der Waals surface area contributed by atoms with Gasteiger partial charge in [-0.1, -0.05) is 0 Å². The number of aliphatic hydroxyl groups excluding tert-OH is 3. The molecule has 1 rings (SSSR count). The van der Waals surface area contributed by atoms with Crippen molar-refractivity contribution in [2.75, 3.05) is 13.7 Å². The van der Waals surface area contributed by atoms with Crippen molar-refractivity contribution < 1.29 is 24.5 Å². The predicted molar refractivity (Wildman–Crippen MR) is 48.8 cm³/mol. The molecule has 5 N–H and O–H groups in total. The van der Waals surface area contributed by atoms with Gasteiger partial charge in [0.05, 0.1) is 6.04 Å². The average molecular weight is 222 g/mol. The topological polar surface area (TPSA) is 102 Å². The molecule has 1 heterocycles. The summed E-state index contributed by atoms with van der Waals surface area (Å²) in [4.78, 5) is 11.2. The summed E-state index contributed by atoms with van der Waals surface area (Å²) >= 11 is 0. The first-order chi connectivity index (χ1) is 7.02. The van der Waals surface area contributed by atoms with Crippen LogP contribution in [0.5, 0.6) is 0 Å². The van der Waals surface area contributed by atoms with Crippen LogP contribution in [-0.2, 0) is 4.79 Å². The normalized spacial score (nSPS) is 41.3. The molecule has 5 atom stereocenters. The first kappa shape index (κ1) is 12.3. The lowest BCUT2D eigenvalue weighted by molar-refractivity contribution is -0.143. The monoisotopic (exact) mass is 222 g/mol. The van der Waals surface area contributed by atoms with Gasteiger partial charge in [-0.2, -0.15) is 0 Å². The Hall–Kier alpha value is -0.760. The fourth-order valence-electron chi connectivity index (χ4n) is 1.59. The second-order valence-corrected chi connectivity index (χ2v) is 3.49. The van der Waals surface area contributed by atoms with Gasteiger partial charge in [0.1, 0.15) is 31.0 Å². The number of rotatable bonds is 2. The van der Waals surface area contributed by atoms with Gasteiger partial charge in [0.2, 0.25) is 5.91 Å². The fourth-order valence-corrected chi connectivity index (χ4v) is 1.59. The van der Waals surface area contributed by atoms with Gasteiger partial charge in [-0.15, -0.1) is 0 Å². The van der Waals surface area contributed by atoms with Gasteiger partial charge < -0.3 is 20.6 Å². The number of halogens is 1. The highest BCUT2D eigenvalue weighted by Crippen LogP contribution is 2.16. The van der Waals surface area contributed by atoms with E-state index in [-0.39, 0.29) is 0 Å². The van der Waals surface area contributed by atoms with Crippen molar-refractivity contribution in [3.8, 4) is 0 Å². The molecule has 0 spiro atoms. The number of alkyl halides is 1. The SMILES string of the molecule is CNC(=O)C1NC(CF)C(O)C(O)C1O. The third kappa shape index (κ3) is 2.25. The highest BCUT2D eigenvalue weighted by molar-refractivity contribution is 5.82. The summed E-state index contributed by atoms with van der Waals surface area (Å²) in [6.07, 6.45) is -4.41. The molecule has 1 aliphatic heterocycles. The standard InChI is InChI=1S/C8H15FN2O4/c1-10-8(15)4-6(13)7(14)5(12)3(2-9)11-4/h3-7,11-14H,2H2,1H3,(H,10,15). The summed E-state index contributed by atoms with van der Waals surface area (Å²) in [5.41, 5.74) is 0. The van der Waals surface area contributed by atoms with Crippen LogP contribution in [0, 0.1) is 0 Å². The Morgan fingerprint density at radius 3 is 2.40 bits per heavy atom. The van der Waals surface area contributed by atoms with Gasteiger partial charge in [-0.3, -0.25) is 10.1 Å². The van der Waals surface area contributed by atoms with E-state index < -0.39 is 43.0 Å². The molecule has 1 aliphatic rings. The van der Waals surface area contributed by atoms with E-state index in [1.807, 2.05) is 0 Å². The van der Waals surface area contributed by atoms with E-state index in [1.165, 1.54) is 7.05 Å². The van der Waals surface area contributed by atoms with E-state index in [0.29, 0.717) is 0 Å². The van der Waals surface area contributed by atoms with Gasteiger partial charge in [0, 0.05) is 7.05 Å². The zero-order valence-corrected chi connectivity index (χ0v) is 8.22. The maximum Gasteiger partial charge on any atom is 0.239 e. The summed E-state index contributed by atoms with van der Waals surface area (Å²) in [5, 5.41) is 32.9. The number of carbonyl (C=O) groups excluding carboxylic acids is 1. The van der Waals surface area contributed by atoms with Crippen molar-refractivity contribution in [1.29, 1.82) is 0 Å². The summed E-state index contributed by atoms with van der Waals surface area (Å²) in [6, 6.07) is -2.17. The van der Waals surface area contributed by atoms with Gasteiger partial charge in [0.15, 0.2) is 0 Å². The summed E-state index contributed by atoms with van der Waals surface area (Å²) in [7, 11) is 1.36. The number of amides is 1. The predicted octanol–water partition coefficient (Wildman–Crippen LogP) is -2.87. The van der Waals surface area contributed by atoms with Crippen molar-refractivity contribution in [2.24, 2.45) is 0 Å². The highest BCUT2D eigenvalue weighted by Gasteiger charge is 2.44. The van der Waals surface area contributed by atoms with Gasteiger partial charge in [0.25, 0.3) is 0 Å². The van der Waals surface area contributed by atoms with Crippen LogP contribution in [0.3, 0.4) is 0 Å². The summed E-state index contributed by atoms with van der Waals surface area (Å²) in [6.45, 7) is -0.932. The Morgan fingerprint density at radius 1 is 1.33 bits per heavy atom. The molecule has 0 aromatic carbocycles. The molecule has 6 nitrogen and oxygen atoms in total.